The second-order valence-electron chi connectivity index (χ2n) is 28.8. The smallest absolute Gasteiger partial charge is 0.462 e. The molecular formula is C80H156O17P2. The number of carbonyl (C=O) groups is 4. The number of ether oxygens (including phenoxy) is 4. The van der Waals surface area contributed by atoms with Crippen LogP contribution in [0.15, 0.2) is 0 Å². The van der Waals surface area contributed by atoms with Crippen LogP contribution in [0.25, 0.3) is 0 Å². The molecule has 0 saturated carbocycles. The average molecular weight is 1450 g/mol. The van der Waals surface area contributed by atoms with Gasteiger partial charge < -0.3 is 33.8 Å². The molecule has 0 rings (SSSR count). The molecular weight excluding hydrogens is 1290 g/mol. The first-order valence-electron chi connectivity index (χ1n) is 41.8. The zero-order valence-corrected chi connectivity index (χ0v) is 66.3. The lowest BCUT2D eigenvalue weighted by Crippen LogP contribution is -2.30. The summed E-state index contributed by atoms with van der Waals surface area (Å²) in [5.41, 5.74) is 0. The third kappa shape index (κ3) is 74.1. The van der Waals surface area contributed by atoms with Crippen molar-refractivity contribution >= 4 is 39.5 Å². The van der Waals surface area contributed by atoms with Gasteiger partial charge in [-0.1, -0.05) is 381 Å². The Hall–Kier alpha value is -1.94. The van der Waals surface area contributed by atoms with Crippen LogP contribution >= 0.6 is 15.6 Å². The van der Waals surface area contributed by atoms with E-state index < -0.39 is 97.5 Å². The fourth-order valence-corrected chi connectivity index (χ4v) is 14.0. The van der Waals surface area contributed by atoms with Crippen LogP contribution in [-0.2, 0) is 65.4 Å². The highest BCUT2D eigenvalue weighted by Crippen LogP contribution is 2.45. The Morgan fingerprint density at radius 2 is 0.404 bits per heavy atom. The number of phosphoric ester groups is 2. The Morgan fingerprint density at radius 3 is 0.596 bits per heavy atom. The Labute approximate surface area is 607 Å². The van der Waals surface area contributed by atoms with E-state index in [9.17, 15) is 43.2 Å². The van der Waals surface area contributed by atoms with Crippen LogP contribution in [0.2, 0.25) is 0 Å². The van der Waals surface area contributed by atoms with Gasteiger partial charge in [-0.15, -0.1) is 0 Å². The molecule has 0 fully saturated rings. The van der Waals surface area contributed by atoms with E-state index in [1.54, 1.807) is 0 Å². The minimum absolute atomic E-state index is 0.105. The largest absolute Gasteiger partial charge is 0.472 e. The second-order valence-corrected chi connectivity index (χ2v) is 31.7. The molecule has 19 heteroatoms. The maximum absolute atomic E-state index is 13.1. The highest BCUT2D eigenvalue weighted by molar-refractivity contribution is 7.47. The van der Waals surface area contributed by atoms with Gasteiger partial charge in [-0.2, -0.15) is 0 Å². The van der Waals surface area contributed by atoms with Crippen LogP contribution in [0.3, 0.4) is 0 Å². The van der Waals surface area contributed by atoms with Crippen LogP contribution in [0.5, 0.6) is 0 Å². The Bertz CT molecular complexity index is 1880. The normalized spacial score (nSPS) is 13.8. The fourth-order valence-electron chi connectivity index (χ4n) is 12.5. The summed E-state index contributed by atoms with van der Waals surface area (Å²) >= 11 is 0. The molecule has 0 aliphatic heterocycles. The second kappa shape index (κ2) is 74.3. The Balaban J connectivity index is 5.10. The summed E-state index contributed by atoms with van der Waals surface area (Å²) < 4.78 is 68.4. The summed E-state index contributed by atoms with van der Waals surface area (Å²) in [6.07, 6.45) is 67.1. The molecule has 17 nitrogen and oxygen atoms in total. The topological polar surface area (TPSA) is 237 Å². The van der Waals surface area contributed by atoms with E-state index in [2.05, 4.69) is 27.7 Å². The van der Waals surface area contributed by atoms with E-state index >= 15 is 0 Å². The first-order valence-corrected chi connectivity index (χ1v) is 44.8. The maximum Gasteiger partial charge on any atom is 0.472 e. The van der Waals surface area contributed by atoms with Crippen LogP contribution in [-0.4, -0.2) is 96.7 Å². The SMILES string of the molecule is CCCCCCCCCCCCCCCCCCCCCCCCC(=O)O[C@H](COC(=O)CCCCCCCCCCCCCCCCCCCCCCC)COP(=O)(O)OC[C@@H](O)COP(=O)(O)OC[C@@H](COC(=O)CCCCCCCCCC)OC(=O)CCCCCCCCCC. The summed E-state index contributed by atoms with van der Waals surface area (Å²) in [5, 5.41) is 10.6. The highest BCUT2D eigenvalue weighted by atomic mass is 31.2. The number of unbranched alkanes of at least 4 members (excludes halogenated alkanes) is 55. The van der Waals surface area contributed by atoms with Gasteiger partial charge in [0.2, 0.25) is 0 Å². The molecule has 0 spiro atoms. The Kier molecular flexibility index (Phi) is 72.9. The molecule has 588 valence electrons. The molecule has 0 aliphatic carbocycles. The van der Waals surface area contributed by atoms with E-state index in [1.165, 1.54) is 250 Å². The Morgan fingerprint density at radius 1 is 0.242 bits per heavy atom. The lowest BCUT2D eigenvalue weighted by Gasteiger charge is -2.21. The standard InChI is InChI=1S/C80H156O17P2/c1-5-9-13-17-21-25-27-29-31-33-35-37-39-41-43-45-47-49-51-55-59-63-67-80(85)97-76(71-91-78(83)65-61-57-54-50-48-46-44-42-40-38-36-34-32-30-28-26-22-18-14-10-6-2)73-95-99(88,89)93-69-74(81)68-92-98(86,87)94-72-75(96-79(84)66-62-58-53-24-20-16-12-8-4)70-90-77(82)64-60-56-52-23-19-15-11-7-3/h74-76,81H,5-73H2,1-4H3,(H,86,87)(H,88,89)/t74-,75+,76+/m0/s1. The van der Waals surface area contributed by atoms with Crippen molar-refractivity contribution in [3.8, 4) is 0 Å². The third-order valence-electron chi connectivity index (χ3n) is 18.9. The van der Waals surface area contributed by atoms with Crippen molar-refractivity contribution in [3.63, 3.8) is 0 Å². The zero-order valence-electron chi connectivity index (χ0n) is 64.5. The van der Waals surface area contributed by atoms with Gasteiger partial charge in [-0.3, -0.25) is 37.3 Å². The number of esters is 4. The first-order chi connectivity index (χ1) is 48.2. The van der Waals surface area contributed by atoms with Crippen molar-refractivity contribution in [2.75, 3.05) is 39.6 Å². The van der Waals surface area contributed by atoms with Gasteiger partial charge in [-0.25, -0.2) is 9.13 Å². The number of aliphatic hydroxyl groups is 1. The van der Waals surface area contributed by atoms with E-state index in [4.69, 9.17) is 37.0 Å². The monoisotopic (exact) mass is 1450 g/mol. The van der Waals surface area contributed by atoms with E-state index in [1.807, 2.05) is 0 Å². The lowest BCUT2D eigenvalue weighted by atomic mass is 10.0. The number of hydrogen-bond donors (Lipinski definition) is 3. The summed E-state index contributed by atoms with van der Waals surface area (Å²) in [6, 6.07) is 0. The summed E-state index contributed by atoms with van der Waals surface area (Å²) in [5.74, 6) is -2.12. The molecule has 5 atom stereocenters. The molecule has 0 radical (unpaired) electrons. The lowest BCUT2D eigenvalue weighted by molar-refractivity contribution is -0.161. The quantitative estimate of drug-likeness (QED) is 0.0222. The van der Waals surface area contributed by atoms with E-state index in [0.29, 0.717) is 25.7 Å². The highest BCUT2D eigenvalue weighted by Gasteiger charge is 2.30. The van der Waals surface area contributed by atoms with Crippen LogP contribution in [0.4, 0.5) is 0 Å². The minimum atomic E-state index is -4.96. The van der Waals surface area contributed by atoms with Gasteiger partial charge in [0.25, 0.3) is 0 Å². The number of carbonyl (C=O) groups excluding carboxylic acids is 4. The first kappa shape index (κ1) is 97.1. The summed E-state index contributed by atoms with van der Waals surface area (Å²) in [7, 11) is -9.90. The van der Waals surface area contributed by atoms with E-state index in [-0.39, 0.29) is 25.7 Å². The summed E-state index contributed by atoms with van der Waals surface area (Å²) in [6.45, 7) is 4.94. The van der Waals surface area contributed by atoms with Crippen molar-refractivity contribution < 1.29 is 80.2 Å². The van der Waals surface area contributed by atoms with Crippen molar-refractivity contribution in [2.24, 2.45) is 0 Å². The number of rotatable bonds is 81. The van der Waals surface area contributed by atoms with Gasteiger partial charge in [-0.05, 0) is 25.7 Å². The van der Waals surface area contributed by atoms with Crippen LogP contribution in [0.1, 0.15) is 432 Å². The molecule has 0 saturated heterocycles. The zero-order chi connectivity index (χ0) is 72.5. The van der Waals surface area contributed by atoms with Gasteiger partial charge >= 0.3 is 39.5 Å². The van der Waals surface area contributed by atoms with Crippen LogP contribution < -0.4 is 0 Å². The number of hydrogen-bond acceptors (Lipinski definition) is 15. The molecule has 0 aromatic heterocycles. The van der Waals surface area contributed by atoms with Crippen molar-refractivity contribution in [1.29, 1.82) is 0 Å². The molecule has 0 aromatic carbocycles. The van der Waals surface area contributed by atoms with E-state index in [0.717, 1.165) is 103 Å². The number of phosphoric acid groups is 2. The fraction of sp³-hybridized carbons (Fsp3) is 0.950. The molecule has 0 bridgehead atoms. The minimum Gasteiger partial charge on any atom is -0.462 e. The predicted molar refractivity (Wildman–Crippen MR) is 405 cm³/mol. The van der Waals surface area contributed by atoms with Gasteiger partial charge in [0, 0.05) is 25.7 Å². The van der Waals surface area contributed by atoms with Gasteiger partial charge in [0.15, 0.2) is 12.2 Å². The van der Waals surface area contributed by atoms with Crippen molar-refractivity contribution in [3.05, 3.63) is 0 Å². The van der Waals surface area contributed by atoms with Crippen LogP contribution in [0, 0.1) is 0 Å². The van der Waals surface area contributed by atoms with Gasteiger partial charge in [0.1, 0.15) is 19.3 Å². The molecule has 0 aromatic rings. The molecule has 3 N–H and O–H groups in total. The molecule has 0 amide bonds. The van der Waals surface area contributed by atoms with Gasteiger partial charge in [0.05, 0.1) is 26.4 Å². The predicted octanol–water partition coefficient (Wildman–Crippen LogP) is 24.2. The maximum atomic E-state index is 13.1. The summed E-state index contributed by atoms with van der Waals surface area (Å²) in [4.78, 5) is 72.7. The molecule has 0 heterocycles. The van der Waals surface area contributed by atoms with Crippen molar-refractivity contribution in [1.82, 2.24) is 0 Å². The molecule has 99 heavy (non-hydrogen) atoms. The number of aliphatic hydroxyl groups excluding tert-OH is 1. The van der Waals surface area contributed by atoms with Crippen molar-refractivity contribution in [2.45, 2.75) is 451 Å². The molecule has 2 unspecified atom stereocenters. The third-order valence-corrected chi connectivity index (χ3v) is 20.8. The average Bonchev–Trinajstić information content (AvgIpc) is 1.23. The molecule has 0 aliphatic rings.